The smallest absolute Gasteiger partial charge is 0.293 e. The van der Waals surface area contributed by atoms with E-state index in [4.69, 9.17) is 0 Å². The van der Waals surface area contributed by atoms with Crippen molar-refractivity contribution in [1.82, 2.24) is 15.1 Å². The number of rotatable bonds is 6. The van der Waals surface area contributed by atoms with E-state index in [1.165, 1.54) is 0 Å². The first-order valence-corrected chi connectivity index (χ1v) is 8.91. The van der Waals surface area contributed by atoms with E-state index in [9.17, 15) is 9.59 Å². The molecule has 3 rings (SSSR count). The average molecular weight is 361 g/mol. The van der Waals surface area contributed by atoms with E-state index in [0.717, 1.165) is 11.1 Å². The number of aryl methyl sites for hydroxylation is 2. The number of carbonyl (C=O) groups excluding carboxylic acids is 2. The first kappa shape index (κ1) is 18.6. The van der Waals surface area contributed by atoms with Crippen molar-refractivity contribution < 1.29 is 9.59 Å². The van der Waals surface area contributed by atoms with Crippen LogP contribution in [0.5, 0.6) is 0 Å². The average Bonchev–Trinajstić information content (AvgIpc) is 2.94. The van der Waals surface area contributed by atoms with Crippen LogP contribution < -0.4 is 5.32 Å². The quantitative estimate of drug-likeness (QED) is 0.541. The third-order valence-corrected chi connectivity index (χ3v) is 4.73. The molecule has 138 valence electrons. The highest BCUT2D eigenvalue weighted by atomic mass is 16.2. The summed E-state index contributed by atoms with van der Waals surface area (Å²) in [5.74, 6) is -1.16. The van der Waals surface area contributed by atoms with Crippen LogP contribution >= 0.6 is 0 Å². The van der Waals surface area contributed by atoms with Crippen LogP contribution in [0.2, 0.25) is 0 Å². The molecule has 0 saturated heterocycles. The summed E-state index contributed by atoms with van der Waals surface area (Å²) in [6, 6.07) is 19.3. The van der Waals surface area contributed by atoms with Gasteiger partial charge in [0.15, 0.2) is 0 Å². The van der Waals surface area contributed by atoms with E-state index in [1.807, 2.05) is 60.7 Å². The Morgan fingerprint density at radius 1 is 1.00 bits per heavy atom. The molecule has 0 bridgehead atoms. The lowest BCUT2D eigenvalue weighted by Gasteiger charge is -2.19. The maximum Gasteiger partial charge on any atom is 0.293 e. The summed E-state index contributed by atoms with van der Waals surface area (Å²) in [6.45, 7) is 3.53. The van der Waals surface area contributed by atoms with Gasteiger partial charge in [0.05, 0.1) is 17.3 Å². The van der Waals surface area contributed by atoms with Gasteiger partial charge in [-0.25, -0.2) is 0 Å². The first-order valence-electron chi connectivity index (χ1n) is 8.91. The molecule has 1 aromatic heterocycles. The minimum atomic E-state index is -0.612. The molecule has 5 nitrogen and oxygen atoms in total. The number of amides is 1. The fraction of sp³-hybridized carbons (Fsp3) is 0.227. The summed E-state index contributed by atoms with van der Waals surface area (Å²) in [6.07, 6.45) is 0.606. The molecule has 0 fully saturated rings. The van der Waals surface area contributed by atoms with Crippen LogP contribution in [0.4, 0.5) is 0 Å². The lowest BCUT2D eigenvalue weighted by molar-refractivity contribution is -0.117. The number of Topliss-reactive ketones (excluding diaryl/α,β-unsaturated/α-hetero) is 1. The molecule has 0 aliphatic heterocycles. The zero-order chi connectivity index (χ0) is 19.4. The second-order valence-corrected chi connectivity index (χ2v) is 6.63. The lowest BCUT2D eigenvalue weighted by atomic mass is 9.98. The van der Waals surface area contributed by atoms with Crippen molar-refractivity contribution in [2.45, 2.75) is 26.3 Å². The predicted molar refractivity (Wildman–Crippen MR) is 104 cm³/mol. The monoisotopic (exact) mass is 361 g/mol. The maximum atomic E-state index is 12.8. The van der Waals surface area contributed by atoms with Crippen molar-refractivity contribution in [2.75, 3.05) is 0 Å². The molecular formula is C22H23N3O2. The SMILES string of the molecule is Cc1nn(C)c(C)c1C(=O)C(=O)NC(Cc1ccccc1)c1ccccc1. The van der Waals surface area contributed by atoms with Crippen LogP contribution in [0.25, 0.3) is 0 Å². The Balaban J connectivity index is 1.85. The third kappa shape index (κ3) is 4.14. The normalized spacial score (nSPS) is 11.8. The number of ketones is 1. The van der Waals surface area contributed by atoms with Gasteiger partial charge in [0.1, 0.15) is 0 Å². The zero-order valence-electron chi connectivity index (χ0n) is 15.8. The summed E-state index contributed by atoms with van der Waals surface area (Å²) in [5.41, 5.74) is 3.68. The minimum Gasteiger partial charge on any atom is -0.342 e. The Bertz CT molecular complexity index is 946. The maximum absolute atomic E-state index is 12.8. The summed E-state index contributed by atoms with van der Waals surface area (Å²) >= 11 is 0. The predicted octanol–water partition coefficient (Wildman–Crippen LogP) is 3.32. The number of aromatic nitrogens is 2. The van der Waals surface area contributed by atoms with Crippen molar-refractivity contribution in [3.8, 4) is 0 Å². The molecule has 0 spiro atoms. The molecule has 5 heteroatoms. The second kappa shape index (κ2) is 7.99. The van der Waals surface area contributed by atoms with Crippen molar-refractivity contribution >= 4 is 11.7 Å². The van der Waals surface area contributed by atoms with Gasteiger partial charge in [0, 0.05) is 12.7 Å². The molecular weight excluding hydrogens is 338 g/mol. The van der Waals surface area contributed by atoms with E-state index in [2.05, 4.69) is 10.4 Å². The van der Waals surface area contributed by atoms with Gasteiger partial charge in [-0.3, -0.25) is 14.3 Å². The van der Waals surface area contributed by atoms with Gasteiger partial charge in [-0.15, -0.1) is 0 Å². The lowest BCUT2D eigenvalue weighted by Crippen LogP contribution is -2.35. The Morgan fingerprint density at radius 2 is 1.59 bits per heavy atom. The molecule has 0 radical (unpaired) electrons. The number of hydrogen-bond acceptors (Lipinski definition) is 3. The van der Waals surface area contributed by atoms with Crippen molar-refractivity contribution in [3.63, 3.8) is 0 Å². The molecule has 1 amide bonds. The van der Waals surface area contributed by atoms with Crippen LogP contribution in [0, 0.1) is 13.8 Å². The molecule has 1 N–H and O–H groups in total. The van der Waals surface area contributed by atoms with Gasteiger partial charge in [-0.05, 0) is 31.4 Å². The summed E-state index contributed by atoms with van der Waals surface area (Å²) in [4.78, 5) is 25.5. The Labute approximate surface area is 159 Å². The number of hydrogen-bond donors (Lipinski definition) is 1. The molecule has 27 heavy (non-hydrogen) atoms. The van der Waals surface area contributed by atoms with E-state index >= 15 is 0 Å². The van der Waals surface area contributed by atoms with Crippen molar-refractivity contribution in [3.05, 3.63) is 88.7 Å². The zero-order valence-corrected chi connectivity index (χ0v) is 15.8. The van der Waals surface area contributed by atoms with Crippen LogP contribution in [-0.2, 0) is 18.3 Å². The second-order valence-electron chi connectivity index (χ2n) is 6.63. The highest BCUT2D eigenvalue weighted by Gasteiger charge is 2.26. The first-order chi connectivity index (χ1) is 13.0. The number of nitrogens with one attached hydrogen (secondary N) is 1. The number of nitrogens with zero attached hydrogens (tertiary/aromatic N) is 2. The Kier molecular flexibility index (Phi) is 5.50. The van der Waals surface area contributed by atoms with Gasteiger partial charge >= 0.3 is 0 Å². The van der Waals surface area contributed by atoms with E-state index in [1.54, 1.807) is 25.6 Å². The fourth-order valence-corrected chi connectivity index (χ4v) is 3.23. The summed E-state index contributed by atoms with van der Waals surface area (Å²) in [5, 5.41) is 7.15. The van der Waals surface area contributed by atoms with Gasteiger partial charge in [0.25, 0.3) is 11.7 Å². The topological polar surface area (TPSA) is 64.0 Å². The minimum absolute atomic E-state index is 0.290. The van der Waals surface area contributed by atoms with Gasteiger partial charge in [-0.2, -0.15) is 5.10 Å². The fourth-order valence-electron chi connectivity index (χ4n) is 3.23. The molecule has 2 aromatic carbocycles. The van der Waals surface area contributed by atoms with Crippen LogP contribution in [0.3, 0.4) is 0 Å². The van der Waals surface area contributed by atoms with Crippen LogP contribution in [0.1, 0.15) is 38.9 Å². The molecule has 1 heterocycles. The molecule has 1 unspecified atom stereocenters. The van der Waals surface area contributed by atoms with Gasteiger partial charge < -0.3 is 5.32 Å². The summed E-state index contributed by atoms with van der Waals surface area (Å²) in [7, 11) is 1.76. The largest absolute Gasteiger partial charge is 0.342 e. The highest BCUT2D eigenvalue weighted by molar-refractivity contribution is 6.43. The molecule has 0 aliphatic carbocycles. The standard InChI is InChI=1S/C22H23N3O2/c1-15-20(16(2)25(3)24-15)21(26)22(27)23-19(18-12-8-5-9-13-18)14-17-10-6-4-7-11-17/h4-13,19H,14H2,1-3H3,(H,23,27). The van der Waals surface area contributed by atoms with Gasteiger partial charge in [-0.1, -0.05) is 60.7 Å². The number of carbonyl (C=O) groups is 2. The highest BCUT2D eigenvalue weighted by Crippen LogP contribution is 2.19. The molecule has 0 saturated carbocycles. The van der Waals surface area contributed by atoms with Crippen molar-refractivity contribution in [2.24, 2.45) is 7.05 Å². The van der Waals surface area contributed by atoms with Crippen molar-refractivity contribution in [1.29, 1.82) is 0 Å². The van der Waals surface area contributed by atoms with E-state index < -0.39 is 11.7 Å². The Morgan fingerprint density at radius 3 is 2.15 bits per heavy atom. The molecule has 1 atom stereocenters. The Hall–Kier alpha value is -3.21. The summed E-state index contributed by atoms with van der Waals surface area (Å²) < 4.78 is 1.62. The molecule has 0 aliphatic rings. The van der Waals surface area contributed by atoms with Crippen LogP contribution in [-0.4, -0.2) is 21.5 Å². The van der Waals surface area contributed by atoms with Gasteiger partial charge in [0.2, 0.25) is 0 Å². The van der Waals surface area contributed by atoms with E-state index in [-0.39, 0.29) is 6.04 Å². The van der Waals surface area contributed by atoms with E-state index in [0.29, 0.717) is 23.4 Å². The third-order valence-electron chi connectivity index (χ3n) is 4.73. The number of benzene rings is 2. The van der Waals surface area contributed by atoms with Crippen LogP contribution in [0.15, 0.2) is 60.7 Å². The molecule has 3 aromatic rings.